The Morgan fingerprint density at radius 1 is 1.22 bits per heavy atom. The van der Waals surface area contributed by atoms with E-state index < -0.39 is 0 Å². The molecule has 0 bridgehead atoms. The van der Waals surface area contributed by atoms with Crippen molar-refractivity contribution in [3.63, 3.8) is 0 Å². The topological polar surface area (TPSA) is 61.0 Å². The minimum absolute atomic E-state index is 0.0277. The number of H-pyrrole nitrogens is 1. The quantitative estimate of drug-likeness (QED) is 0.824. The van der Waals surface area contributed by atoms with Crippen molar-refractivity contribution in [2.75, 3.05) is 13.6 Å². The monoisotopic (exact) mass is 366 g/mol. The van der Waals surface area contributed by atoms with E-state index in [1.807, 2.05) is 30.1 Å². The second-order valence-electron chi connectivity index (χ2n) is 8.11. The van der Waals surface area contributed by atoms with Gasteiger partial charge in [-0.2, -0.15) is 5.10 Å². The molecular formula is C22H30N4O. The molecule has 2 aromatic rings. The van der Waals surface area contributed by atoms with Crippen LogP contribution in [0.1, 0.15) is 44.2 Å². The van der Waals surface area contributed by atoms with Crippen LogP contribution in [0.15, 0.2) is 36.4 Å². The summed E-state index contributed by atoms with van der Waals surface area (Å²) in [5.41, 5.74) is 3.23. The molecular weight excluding hydrogens is 336 g/mol. The van der Waals surface area contributed by atoms with Gasteiger partial charge in [0.2, 0.25) is 5.91 Å². The number of benzene rings is 1. The van der Waals surface area contributed by atoms with Crippen molar-refractivity contribution in [1.29, 1.82) is 0 Å². The first-order chi connectivity index (χ1) is 13.2. The van der Waals surface area contributed by atoms with Gasteiger partial charge in [-0.25, -0.2) is 0 Å². The van der Waals surface area contributed by atoms with Gasteiger partial charge in [0.25, 0.3) is 0 Å². The van der Waals surface area contributed by atoms with E-state index >= 15 is 0 Å². The summed E-state index contributed by atoms with van der Waals surface area (Å²) in [6, 6.07) is 12.9. The Morgan fingerprint density at radius 2 is 2.04 bits per heavy atom. The summed E-state index contributed by atoms with van der Waals surface area (Å²) in [4.78, 5) is 14.7. The molecule has 5 nitrogen and oxygen atoms in total. The molecule has 0 spiro atoms. The fourth-order valence-corrected chi connectivity index (χ4v) is 4.64. The Labute approximate surface area is 161 Å². The largest absolute Gasteiger partial charge is 0.344 e. The normalized spacial score (nSPS) is 24.6. The number of hydrogen-bond donors (Lipinski definition) is 2. The summed E-state index contributed by atoms with van der Waals surface area (Å²) < 4.78 is 0. The van der Waals surface area contributed by atoms with Gasteiger partial charge in [-0.1, -0.05) is 43.2 Å². The first-order valence-corrected chi connectivity index (χ1v) is 10.3. The highest BCUT2D eigenvalue weighted by Gasteiger charge is 2.38. The highest BCUT2D eigenvalue weighted by molar-refractivity contribution is 5.82. The molecule has 1 aliphatic carbocycles. The molecule has 1 aromatic heterocycles. The SMILES string of the molecule is CN(CCCc1cc(-c2ccccc2)n[nH]1)C(=O)C1CC2CCCCC2N1. The average molecular weight is 367 g/mol. The van der Waals surface area contributed by atoms with E-state index in [-0.39, 0.29) is 11.9 Å². The number of amides is 1. The van der Waals surface area contributed by atoms with E-state index in [2.05, 4.69) is 33.7 Å². The second kappa shape index (κ2) is 8.26. The Balaban J connectivity index is 1.24. The zero-order chi connectivity index (χ0) is 18.6. The molecule has 144 valence electrons. The van der Waals surface area contributed by atoms with Crippen LogP contribution in [-0.2, 0) is 11.2 Å². The predicted octanol–water partition coefficient (Wildman–Crippen LogP) is 3.39. The molecule has 1 amide bonds. The predicted molar refractivity (Wildman–Crippen MR) is 107 cm³/mol. The van der Waals surface area contributed by atoms with Gasteiger partial charge in [-0.05, 0) is 44.1 Å². The van der Waals surface area contributed by atoms with Crippen molar-refractivity contribution < 1.29 is 4.79 Å². The molecule has 0 radical (unpaired) electrons. The van der Waals surface area contributed by atoms with Gasteiger partial charge in [0, 0.05) is 30.9 Å². The van der Waals surface area contributed by atoms with Crippen molar-refractivity contribution in [3.05, 3.63) is 42.1 Å². The molecule has 1 aromatic carbocycles. The molecule has 2 N–H and O–H groups in total. The standard InChI is InChI=1S/C22H30N4O/c1-26(22(27)21-14-17-10-5-6-12-19(17)23-21)13-7-11-18-15-20(25-24-18)16-8-3-2-4-9-16/h2-4,8-9,15,17,19,21,23H,5-7,10-14H2,1H3,(H,24,25). The van der Waals surface area contributed by atoms with Gasteiger partial charge in [-0.3, -0.25) is 9.89 Å². The molecule has 4 rings (SSSR count). The third kappa shape index (κ3) is 4.24. The minimum atomic E-state index is 0.0277. The summed E-state index contributed by atoms with van der Waals surface area (Å²) in [5.74, 6) is 0.974. The number of hydrogen-bond acceptors (Lipinski definition) is 3. The van der Waals surface area contributed by atoms with E-state index in [1.165, 1.54) is 25.7 Å². The molecule has 27 heavy (non-hydrogen) atoms. The fraction of sp³-hybridized carbons (Fsp3) is 0.545. The van der Waals surface area contributed by atoms with Gasteiger partial charge in [0.1, 0.15) is 0 Å². The number of likely N-dealkylation sites (N-methyl/N-ethyl adjacent to an activating group) is 1. The maximum absolute atomic E-state index is 12.8. The lowest BCUT2D eigenvalue weighted by Gasteiger charge is -2.24. The smallest absolute Gasteiger partial charge is 0.239 e. The number of carbonyl (C=O) groups is 1. The Bertz CT molecular complexity index is 743. The number of aromatic nitrogens is 2. The van der Waals surface area contributed by atoms with E-state index in [9.17, 15) is 4.79 Å². The Hall–Kier alpha value is -2.14. The summed E-state index contributed by atoms with van der Waals surface area (Å²) >= 11 is 0. The lowest BCUT2D eigenvalue weighted by Crippen LogP contribution is -2.44. The minimum Gasteiger partial charge on any atom is -0.344 e. The van der Waals surface area contributed by atoms with Crippen LogP contribution >= 0.6 is 0 Å². The number of aryl methyl sites for hydroxylation is 1. The fourth-order valence-electron chi connectivity index (χ4n) is 4.64. The number of carbonyl (C=O) groups excluding carboxylic acids is 1. The number of rotatable bonds is 6. The first kappa shape index (κ1) is 18.2. The van der Waals surface area contributed by atoms with Crippen molar-refractivity contribution in [1.82, 2.24) is 20.4 Å². The van der Waals surface area contributed by atoms with Crippen LogP contribution in [0.2, 0.25) is 0 Å². The maximum atomic E-state index is 12.8. The van der Waals surface area contributed by atoms with E-state index in [1.54, 1.807) is 0 Å². The van der Waals surface area contributed by atoms with E-state index in [0.717, 1.165) is 42.8 Å². The van der Waals surface area contributed by atoms with Gasteiger partial charge in [-0.15, -0.1) is 0 Å². The highest BCUT2D eigenvalue weighted by Crippen LogP contribution is 2.33. The number of nitrogens with zero attached hydrogens (tertiary/aromatic N) is 2. The molecule has 1 aliphatic heterocycles. The van der Waals surface area contributed by atoms with E-state index in [0.29, 0.717) is 12.0 Å². The van der Waals surface area contributed by atoms with Gasteiger partial charge in [0.15, 0.2) is 0 Å². The molecule has 3 unspecified atom stereocenters. The molecule has 5 heteroatoms. The van der Waals surface area contributed by atoms with Crippen molar-refractivity contribution in [2.45, 2.75) is 57.0 Å². The zero-order valence-corrected chi connectivity index (χ0v) is 16.2. The molecule has 2 fully saturated rings. The third-order valence-corrected chi connectivity index (χ3v) is 6.18. The summed E-state index contributed by atoms with van der Waals surface area (Å²) in [6.45, 7) is 0.784. The lowest BCUT2D eigenvalue weighted by molar-refractivity contribution is -0.131. The van der Waals surface area contributed by atoms with Gasteiger partial charge < -0.3 is 10.2 Å². The summed E-state index contributed by atoms with van der Waals surface area (Å²) in [7, 11) is 1.94. The first-order valence-electron chi connectivity index (χ1n) is 10.3. The average Bonchev–Trinajstić information content (AvgIpc) is 3.35. The van der Waals surface area contributed by atoms with Crippen LogP contribution in [0.25, 0.3) is 11.3 Å². The number of nitrogens with one attached hydrogen (secondary N) is 2. The highest BCUT2D eigenvalue weighted by atomic mass is 16.2. The lowest BCUT2D eigenvalue weighted by atomic mass is 9.85. The van der Waals surface area contributed by atoms with Crippen LogP contribution in [0.4, 0.5) is 0 Å². The van der Waals surface area contributed by atoms with Crippen LogP contribution in [-0.4, -0.2) is 46.7 Å². The van der Waals surface area contributed by atoms with Crippen molar-refractivity contribution in [3.8, 4) is 11.3 Å². The van der Waals surface area contributed by atoms with Crippen molar-refractivity contribution in [2.24, 2.45) is 5.92 Å². The van der Waals surface area contributed by atoms with Crippen molar-refractivity contribution >= 4 is 5.91 Å². The Kier molecular flexibility index (Phi) is 5.58. The van der Waals surface area contributed by atoms with Crippen LogP contribution in [0, 0.1) is 5.92 Å². The van der Waals surface area contributed by atoms with Crippen LogP contribution in [0.5, 0.6) is 0 Å². The summed E-state index contributed by atoms with van der Waals surface area (Å²) in [5, 5.41) is 11.1. The van der Waals surface area contributed by atoms with Gasteiger partial charge >= 0.3 is 0 Å². The molecule has 2 heterocycles. The van der Waals surface area contributed by atoms with E-state index in [4.69, 9.17) is 0 Å². The molecule has 3 atom stereocenters. The van der Waals surface area contributed by atoms with Crippen LogP contribution < -0.4 is 5.32 Å². The zero-order valence-electron chi connectivity index (χ0n) is 16.2. The molecule has 2 aliphatic rings. The van der Waals surface area contributed by atoms with Crippen LogP contribution in [0.3, 0.4) is 0 Å². The molecule has 1 saturated heterocycles. The third-order valence-electron chi connectivity index (χ3n) is 6.18. The molecule has 1 saturated carbocycles. The summed E-state index contributed by atoms with van der Waals surface area (Å²) in [6.07, 6.45) is 8.03. The number of aromatic amines is 1. The number of fused-ring (bicyclic) bond motifs is 1. The second-order valence-corrected chi connectivity index (χ2v) is 8.11. The Morgan fingerprint density at radius 3 is 2.85 bits per heavy atom. The van der Waals surface area contributed by atoms with Gasteiger partial charge in [0.05, 0.1) is 11.7 Å². The maximum Gasteiger partial charge on any atom is 0.239 e.